The summed E-state index contributed by atoms with van der Waals surface area (Å²) in [6.07, 6.45) is -0.0204. The van der Waals surface area contributed by atoms with E-state index in [4.69, 9.17) is 4.98 Å². The van der Waals surface area contributed by atoms with Gasteiger partial charge in [0.25, 0.3) is 0 Å². The predicted octanol–water partition coefficient (Wildman–Crippen LogP) is 6.20. The van der Waals surface area contributed by atoms with Crippen molar-refractivity contribution in [2.75, 3.05) is 29.2 Å². The van der Waals surface area contributed by atoms with Crippen LogP contribution >= 0.6 is 11.3 Å². The number of halogens is 7. The lowest BCUT2D eigenvalue weighted by atomic mass is 10.1. The maximum atomic E-state index is 14.0. The van der Waals surface area contributed by atoms with Crippen LogP contribution in [-0.2, 0) is 9.84 Å². The number of fused-ring (bicyclic) bond motifs is 1. The summed E-state index contributed by atoms with van der Waals surface area (Å²) >= 11 is 1.32. The summed E-state index contributed by atoms with van der Waals surface area (Å²) in [6, 6.07) is 1.53. The zero-order chi connectivity index (χ0) is 30.7. The average molecular weight is 641 g/mol. The number of hydrogen-bond acceptors (Lipinski definition) is 9. The molecule has 2 aliphatic rings. The molecule has 0 amide bonds. The minimum absolute atomic E-state index is 0.00897. The molecule has 2 unspecified atom stereocenters. The van der Waals surface area contributed by atoms with Crippen molar-refractivity contribution in [3.05, 3.63) is 23.7 Å². The number of alkyl halides is 7. The van der Waals surface area contributed by atoms with Crippen LogP contribution in [0.15, 0.2) is 12.3 Å². The summed E-state index contributed by atoms with van der Waals surface area (Å²) in [4.78, 5) is 17.5. The molecule has 230 valence electrons. The van der Waals surface area contributed by atoms with E-state index in [0.29, 0.717) is 41.3 Å². The number of sulfone groups is 1. The molecule has 0 spiro atoms. The lowest BCUT2D eigenvalue weighted by molar-refractivity contribution is -0.350. The minimum Gasteiger partial charge on any atom is -0.367 e. The van der Waals surface area contributed by atoms with E-state index in [1.165, 1.54) is 18.3 Å². The van der Waals surface area contributed by atoms with Crippen molar-refractivity contribution >= 4 is 43.2 Å². The van der Waals surface area contributed by atoms with Crippen molar-refractivity contribution in [1.82, 2.24) is 19.9 Å². The number of hydrogen-bond donors (Lipinski definition) is 2. The van der Waals surface area contributed by atoms with Gasteiger partial charge >= 0.3 is 18.0 Å². The van der Waals surface area contributed by atoms with Gasteiger partial charge in [0, 0.05) is 24.4 Å². The summed E-state index contributed by atoms with van der Waals surface area (Å²) in [5.41, 5.74) is 2.18. The Balaban J connectivity index is 1.48. The van der Waals surface area contributed by atoms with Gasteiger partial charge in [-0.15, -0.1) is 11.3 Å². The molecule has 2 fully saturated rings. The van der Waals surface area contributed by atoms with Crippen molar-refractivity contribution in [3.8, 4) is 10.6 Å². The normalized spacial score (nSPS) is 20.3. The van der Waals surface area contributed by atoms with Crippen LogP contribution in [0, 0.1) is 12.8 Å². The van der Waals surface area contributed by atoms with E-state index in [1.807, 2.05) is 5.32 Å². The van der Waals surface area contributed by atoms with Gasteiger partial charge in [0.2, 0.25) is 5.95 Å². The Labute approximate surface area is 240 Å². The fourth-order valence-corrected chi connectivity index (χ4v) is 7.36. The third kappa shape index (κ3) is 6.26. The fraction of sp³-hybridized carbons (Fsp3) is 0.600. The summed E-state index contributed by atoms with van der Waals surface area (Å²) in [6.45, 7) is -0.557. The molecule has 0 radical (unpaired) electrons. The number of thiazole rings is 1. The highest BCUT2D eigenvalue weighted by atomic mass is 32.2. The van der Waals surface area contributed by atoms with Crippen LogP contribution in [0.25, 0.3) is 20.8 Å². The molecule has 3 aromatic rings. The monoisotopic (exact) mass is 640 g/mol. The molecule has 0 aromatic carbocycles. The van der Waals surface area contributed by atoms with E-state index in [0.717, 1.165) is 29.5 Å². The Morgan fingerprint density at radius 1 is 1.02 bits per heavy atom. The summed E-state index contributed by atoms with van der Waals surface area (Å²) in [5.74, 6) is -12.1. The largest absolute Gasteiger partial charge is 0.459 e. The molecule has 0 bridgehead atoms. The van der Waals surface area contributed by atoms with Gasteiger partial charge in [-0.05, 0) is 51.0 Å². The molecule has 5 rings (SSSR count). The van der Waals surface area contributed by atoms with Crippen LogP contribution in [0.3, 0.4) is 0 Å². The lowest BCUT2D eigenvalue weighted by Gasteiger charge is -2.28. The smallest absolute Gasteiger partial charge is 0.367 e. The van der Waals surface area contributed by atoms with Crippen molar-refractivity contribution in [2.45, 2.75) is 69.0 Å². The van der Waals surface area contributed by atoms with E-state index in [2.05, 4.69) is 20.3 Å². The highest BCUT2D eigenvalue weighted by Crippen LogP contribution is 2.47. The summed E-state index contributed by atoms with van der Waals surface area (Å²) in [7, 11) is -3.22. The highest BCUT2D eigenvalue weighted by Gasteiger charge is 2.72. The third-order valence-electron chi connectivity index (χ3n) is 7.31. The van der Waals surface area contributed by atoms with Gasteiger partial charge in [-0.25, -0.2) is 18.4 Å². The topological polar surface area (TPSA) is 110 Å². The van der Waals surface area contributed by atoms with Gasteiger partial charge in [-0.2, -0.15) is 35.7 Å². The van der Waals surface area contributed by atoms with E-state index in [9.17, 15) is 39.2 Å². The molecule has 0 aliphatic heterocycles. The van der Waals surface area contributed by atoms with Crippen molar-refractivity contribution in [3.63, 3.8) is 0 Å². The van der Waals surface area contributed by atoms with Gasteiger partial charge in [-0.1, -0.05) is 0 Å². The number of anilines is 2. The van der Waals surface area contributed by atoms with Crippen molar-refractivity contribution < 1.29 is 39.2 Å². The number of aryl methyl sites for hydroxylation is 1. The van der Waals surface area contributed by atoms with Crippen LogP contribution in [0.2, 0.25) is 0 Å². The van der Waals surface area contributed by atoms with E-state index in [1.54, 1.807) is 12.3 Å². The van der Waals surface area contributed by atoms with Gasteiger partial charge < -0.3 is 10.6 Å². The second-order valence-electron chi connectivity index (χ2n) is 10.9. The second kappa shape index (κ2) is 10.7. The Morgan fingerprint density at radius 3 is 2.38 bits per heavy atom. The first kappa shape index (κ1) is 30.6. The van der Waals surface area contributed by atoms with E-state index < -0.39 is 40.4 Å². The van der Waals surface area contributed by atoms with E-state index >= 15 is 0 Å². The highest BCUT2D eigenvalue weighted by molar-refractivity contribution is 7.90. The standard InChI is InChI=1S/C25H27F7N6O2S2/c1-12-17(21-37-19-16(41-21)7-8-33-18(19)14-4-5-14)20(36-15-6-3-13(9-15)10-42(2,39)40)38-22(35-12)34-11-23(26,27)24(28,29)25(30,31)32/h7-8,13-15H,3-6,9-11H2,1-2H3,(H2,34,35,36,38). The number of nitrogens with zero attached hydrogens (tertiary/aromatic N) is 4. The molecule has 0 saturated heterocycles. The van der Waals surface area contributed by atoms with Crippen LogP contribution in [0.1, 0.15) is 49.4 Å². The SMILES string of the molecule is Cc1nc(NCC(F)(F)C(F)(F)C(F)(F)F)nc(NC2CCC(CS(C)(=O)=O)C2)c1-c1nc2c(C3CC3)nccc2s1. The molecule has 3 aromatic heterocycles. The van der Waals surface area contributed by atoms with Crippen molar-refractivity contribution in [2.24, 2.45) is 5.92 Å². The summed E-state index contributed by atoms with van der Waals surface area (Å²) in [5, 5.41) is 5.53. The van der Waals surface area contributed by atoms with Gasteiger partial charge in [-0.3, -0.25) is 4.98 Å². The van der Waals surface area contributed by atoms with Crippen LogP contribution < -0.4 is 10.6 Å². The molecule has 8 nitrogen and oxygen atoms in total. The number of aromatic nitrogens is 4. The maximum Gasteiger partial charge on any atom is 0.459 e. The molecule has 42 heavy (non-hydrogen) atoms. The van der Waals surface area contributed by atoms with Crippen LogP contribution in [0.4, 0.5) is 42.5 Å². The number of rotatable bonds is 10. The van der Waals surface area contributed by atoms with Crippen LogP contribution in [-0.4, -0.2) is 71.0 Å². The zero-order valence-electron chi connectivity index (χ0n) is 22.4. The molecule has 2 aliphatic carbocycles. The third-order valence-corrected chi connectivity index (χ3v) is 9.42. The second-order valence-corrected chi connectivity index (χ2v) is 14.2. The van der Waals surface area contributed by atoms with Gasteiger partial charge in [0.05, 0.1) is 33.9 Å². The predicted molar refractivity (Wildman–Crippen MR) is 144 cm³/mol. The van der Waals surface area contributed by atoms with E-state index in [-0.39, 0.29) is 29.2 Å². The molecule has 2 saturated carbocycles. The Kier molecular flexibility index (Phi) is 7.82. The molecule has 2 N–H and O–H groups in total. The van der Waals surface area contributed by atoms with Crippen molar-refractivity contribution in [1.29, 1.82) is 0 Å². The zero-order valence-corrected chi connectivity index (χ0v) is 24.0. The average Bonchev–Trinajstić information content (AvgIpc) is 3.48. The molecular formula is C25H27F7N6O2S2. The molecule has 3 heterocycles. The molecular weight excluding hydrogens is 613 g/mol. The first-order valence-corrected chi connectivity index (χ1v) is 16.0. The number of pyridine rings is 1. The Hall–Kier alpha value is -2.82. The first-order chi connectivity index (χ1) is 19.4. The van der Waals surface area contributed by atoms with Crippen LogP contribution in [0.5, 0.6) is 0 Å². The van der Waals surface area contributed by atoms with Gasteiger partial charge in [0.1, 0.15) is 26.2 Å². The Bertz CT molecular complexity index is 1590. The molecule has 2 atom stereocenters. The quantitative estimate of drug-likeness (QED) is 0.252. The van der Waals surface area contributed by atoms with Gasteiger partial charge in [0.15, 0.2) is 0 Å². The maximum absolute atomic E-state index is 14.0. The number of nitrogens with one attached hydrogen (secondary N) is 2. The fourth-order valence-electron chi connectivity index (χ4n) is 5.14. The summed E-state index contributed by atoms with van der Waals surface area (Å²) < 4.78 is 117. The molecule has 17 heteroatoms. The minimum atomic E-state index is -6.46. The Morgan fingerprint density at radius 2 is 1.74 bits per heavy atom. The first-order valence-electron chi connectivity index (χ1n) is 13.1. The lowest BCUT2D eigenvalue weighted by Crippen LogP contribution is -2.55.